The van der Waals surface area contributed by atoms with Crippen LogP contribution in [0, 0.1) is 5.82 Å². The van der Waals surface area contributed by atoms with Gasteiger partial charge in [0.1, 0.15) is 5.82 Å². The third-order valence-corrected chi connectivity index (χ3v) is 4.32. The molecular weight excluding hydrogens is 354 g/mol. The van der Waals surface area contributed by atoms with E-state index in [2.05, 4.69) is 5.32 Å². The van der Waals surface area contributed by atoms with Crippen molar-refractivity contribution in [3.8, 4) is 0 Å². The second-order valence-electron chi connectivity index (χ2n) is 5.94. The summed E-state index contributed by atoms with van der Waals surface area (Å²) in [7, 11) is 0. The molecule has 2 aromatic rings. The van der Waals surface area contributed by atoms with E-state index in [0.717, 1.165) is 17.7 Å². The molecule has 1 unspecified atom stereocenters. The third kappa shape index (κ3) is 3.26. The smallest absolute Gasteiger partial charge is 0.417 e. The molecule has 0 bridgehead atoms. The average molecular weight is 367 g/mol. The Morgan fingerprint density at radius 3 is 2.54 bits per heavy atom. The van der Waals surface area contributed by atoms with Gasteiger partial charge in [0, 0.05) is 0 Å². The fourth-order valence-electron chi connectivity index (χ4n) is 3.11. The zero-order chi connectivity index (χ0) is 19.1. The molecule has 1 amide bonds. The van der Waals surface area contributed by atoms with E-state index in [1.54, 1.807) is 6.07 Å². The number of rotatable bonds is 3. The van der Waals surface area contributed by atoms with E-state index >= 15 is 0 Å². The Morgan fingerprint density at radius 1 is 1.15 bits per heavy atom. The van der Waals surface area contributed by atoms with Crippen LogP contribution in [0.15, 0.2) is 36.4 Å². The van der Waals surface area contributed by atoms with Crippen molar-refractivity contribution in [1.82, 2.24) is 5.32 Å². The second kappa shape index (κ2) is 6.44. The summed E-state index contributed by atoms with van der Waals surface area (Å²) in [5, 5.41) is 11.5. The normalized spacial score (nSPS) is 16.2. The highest BCUT2D eigenvalue weighted by atomic mass is 19.4. The van der Waals surface area contributed by atoms with E-state index < -0.39 is 41.0 Å². The minimum Gasteiger partial charge on any atom is -0.478 e. The van der Waals surface area contributed by atoms with Crippen molar-refractivity contribution >= 4 is 11.9 Å². The van der Waals surface area contributed by atoms with Gasteiger partial charge in [-0.25, -0.2) is 9.18 Å². The molecule has 136 valence electrons. The molecule has 0 heterocycles. The van der Waals surface area contributed by atoms with Gasteiger partial charge in [-0.2, -0.15) is 13.2 Å². The second-order valence-corrected chi connectivity index (χ2v) is 5.94. The van der Waals surface area contributed by atoms with Crippen LogP contribution < -0.4 is 5.32 Å². The lowest BCUT2D eigenvalue weighted by Gasteiger charge is -2.18. The van der Waals surface area contributed by atoms with Gasteiger partial charge in [0.15, 0.2) is 0 Å². The van der Waals surface area contributed by atoms with Gasteiger partial charge < -0.3 is 10.4 Å². The number of aromatic carboxylic acids is 1. The molecule has 2 aromatic carbocycles. The average Bonchev–Trinajstić information content (AvgIpc) is 2.95. The molecule has 0 saturated carbocycles. The maximum atomic E-state index is 13.9. The number of nitrogens with one attached hydrogen (secondary N) is 1. The fourth-order valence-corrected chi connectivity index (χ4v) is 3.11. The van der Waals surface area contributed by atoms with Crippen LogP contribution >= 0.6 is 0 Å². The summed E-state index contributed by atoms with van der Waals surface area (Å²) in [5.41, 5.74) is -1.10. The molecule has 0 fully saturated rings. The van der Waals surface area contributed by atoms with Gasteiger partial charge in [-0.1, -0.05) is 12.1 Å². The first-order valence-corrected chi connectivity index (χ1v) is 7.71. The lowest BCUT2D eigenvalue weighted by Crippen LogP contribution is -2.30. The largest absolute Gasteiger partial charge is 0.478 e. The number of fused-ring (bicyclic) bond motifs is 1. The molecule has 2 N–H and O–H groups in total. The van der Waals surface area contributed by atoms with Crippen molar-refractivity contribution < 1.29 is 32.3 Å². The lowest BCUT2D eigenvalue weighted by atomic mass is 10.0. The van der Waals surface area contributed by atoms with Crippen molar-refractivity contribution in [3.05, 3.63) is 70.0 Å². The van der Waals surface area contributed by atoms with Gasteiger partial charge in [-0.3, -0.25) is 4.79 Å². The number of amides is 1. The van der Waals surface area contributed by atoms with Crippen LogP contribution in [-0.4, -0.2) is 17.0 Å². The Bertz CT molecular complexity index is 892. The lowest BCUT2D eigenvalue weighted by molar-refractivity contribution is -0.138. The number of alkyl halides is 3. The van der Waals surface area contributed by atoms with Gasteiger partial charge in [-0.05, 0) is 48.2 Å². The van der Waals surface area contributed by atoms with Crippen molar-refractivity contribution in [2.24, 2.45) is 0 Å². The maximum Gasteiger partial charge on any atom is 0.417 e. The number of benzene rings is 2. The first-order valence-electron chi connectivity index (χ1n) is 7.71. The minimum atomic E-state index is -4.88. The van der Waals surface area contributed by atoms with Crippen LogP contribution in [0.2, 0.25) is 0 Å². The van der Waals surface area contributed by atoms with Crippen molar-refractivity contribution in [2.45, 2.75) is 25.1 Å². The summed E-state index contributed by atoms with van der Waals surface area (Å²) < 4.78 is 53.1. The highest BCUT2D eigenvalue weighted by molar-refractivity contribution is 5.96. The summed E-state index contributed by atoms with van der Waals surface area (Å²) in [6.45, 7) is 0. The number of hydrogen-bond donors (Lipinski definition) is 2. The fraction of sp³-hybridized carbons (Fsp3) is 0.222. The van der Waals surface area contributed by atoms with Gasteiger partial charge in [0.05, 0.1) is 22.7 Å². The zero-order valence-corrected chi connectivity index (χ0v) is 13.2. The Kier molecular flexibility index (Phi) is 4.43. The van der Waals surface area contributed by atoms with Crippen LogP contribution in [0.5, 0.6) is 0 Å². The number of carbonyl (C=O) groups is 2. The standard InChI is InChI=1S/C18H13F4NO3/c19-13-3-1-2-12(18(20,21)22)15(13)16(24)23-14-7-6-9-4-5-10(17(25)26)8-11(9)14/h1-5,8,14H,6-7H2,(H,23,24)(H,25,26). The summed E-state index contributed by atoms with van der Waals surface area (Å²) in [6.07, 6.45) is -3.96. The predicted octanol–water partition coefficient (Wildman–Crippen LogP) is 3.96. The molecule has 0 aliphatic heterocycles. The van der Waals surface area contributed by atoms with Gasteiger partial charge in [-0.15, -0.1) is 0 Å². The van der Waals surface area contributed by atoms with E-state index in [9.17, 15) is 27.2 Å². The SMILES string of the molecule is O=C(O)c1ccc2c(c1)C(NC(=O)c1c(F)cccc1C(F)(F)F)CC2. The molecule has 26 heavy (non-hydrogen) atoms. The van der Waals surface area contributed by atoms with Crippen LogP contribution in [-0.2, 0) is 12.6 Å². The summed E-state index contributed by atoms with van der Waals surface area (Å²) in [4.78, 5) is 23.4. The van der Waals surface area contributed by atoms with E-state index in [0.29, 0.717) is 24.5 Å². The predicted molar refractivity (Wildman–Crippen MR) is 83.3 cm³/mol. The van der Waals surface area contributed by atoms with E-state index in [-0.39, 0.29) is 5.56 Å². The molecule has 0 radical (unpaired) electrons. The molecule has 0 spiro atoms. The van der Waals surface area contributed by atoms with E-state index in [1.807, 2.05) is 0 Å². The maximum absolute atomic E-state index is 13.9. The van der Waals surface area contributed by atoms with E-state index in [4.69, 9.17) is 5.11 Å². The Hall–Kier alpha value is -2.90. The molecular formula is C18H13F4NO3. The number of halogens is 4. The number of carbonyl (C=O) groups excluding carboxylic acids is 1. The van der Waals surface area contributed by atoms with Crippen LogP contribution in [0.1, 0.15) is 49.9 Å². The summed E-state index contributed by atoms with van der Waals surface area (Å²) in [5.74, 6) is -3.61. The first kappa shape index (κ1) is 17.9. The van der Waals surface area contributed by atoms with Crippen molar-refractivity contribution in [3.63, 3.8) is 0 Å². The van der Waals surface area contributed by atoms with Crippen molar-refractivity contribution in [1.29, 1.82) is 0 Å². The molecule has 0 aromatic heterocycles. The van der Waals surface area contributed by atoms with Crippen LogP contribution in [0.4, 0.5) is 17.6 Å². The molecule has 0 saturated heterocycles. The quantitative estimate of drug-likeness (QED) is 0.807. The number of aryl methyl sites for hydroxylation is 1. The first-order chi connectivity index (χ1) is 12.2. The topological polar surface area (TPSA) is 66.4 Å². The number of carboxylic acid groups (broad SMARTS) is 1. The summed E-state index contributed by atoms with van der Waals surface area (Å²) >= 11 is 0. The van der Waals surface area contributed by atoms with Crippen LogP contribution in [0.3, 0.4) is 0 Å². The highest BCUT2D eigenvalue weighted by Gasteiger charge is 2.37. The molecule has 1 aliphatic rings. The molecule has 1 aliphatic carbocycles. The van der Waals surface area contributed by atoms with Gasteiger partial charge >= 0.3 is 12.1 Å². The van der Waals surface area contributed by atoms with Crippen LogP contribution in [0.25, 0.3) is 0 Å². The summed E-state index contributed by atoms with van der Waals surface area (Å²) in [6, 6.07) is 6.04. The van der Waals surface area contributed by atoms with Gasteiger partial charge in [0.25, 0.3) is 5.91 Å². The molecule has 3 rings (SSSR count). The number of hydrogen-bond acceptors (Lipinski definition) is 2. The Balaban J connectivity index is 1.93. The highest BCUT2D eigenvalue weighted by Crippen LogP contribution is 2.35. The molecule has 1 atom stereocenters. The minimum absolute atomic E-state index is 0.00627. The third-order valence-electron chi connectivity index (χ3n) is 4.32. The molecule has 8 heteroatoms. The number of carboxylic acids is 1. The molecule has 4 nitrogen and oxygen atoms in total. The van der Waals surface area contributed by atoms with Gasteiger partial charge in [0.2, 0.25) is 0 Å². The monoisotopic (exact) mass is 367 g/mol. The Morgan fingerprint density at radius 2 is 1.88 bits per heavy atom. The Labute approximate surface area is 145 Å². The van der Waals surface area contributed by atoms with Crippen molar-refractivity contribution in [2.75, 3.05) is 0 Å². The van der Waals surface area contributed by atoms with E-state index in [1.165, 1.54) is 12.1 Å². The zero-order valence-electron chi connectivity index (χ0n) is 13.2.